The number of hydrogen-bond donors (Lipinski definition) is 1. The van der Waals surface area contributed by atoms with Gasteiger partial charge in [0, 0.05) is 6.54 Å². The van der Waals surface area contributed by atoms with Gasteiger partial charge in [0.2, 0.25) is 5.91 Å². The first-order chi connectivity index (χ1) is 11.6. The van der Waals surface area contributed by atoms with Gasteiger partial charge >= 0.3 is 0 Å². The Bertz CT molecular complexity index is 758. The van der Waals surface area contributed by atoms with Crippen molar-refractivity contribution in [1.29, 1.82) is 0 Å². The number of nitrogens with one attached hydrogen (secondary N) is 1. The Labute approximate surface area is 141 Å². The van der Waals surface area contributed by atoms with Crippen molar-refractivity contribution in [2.75, 3.05) is 11.5 Å². The van der Waals surface area contributed by atoms with Crippen LogP contribution in [0.2, 0.25) is 0 Å². The number of benzene rings is 2. The van der Waals surface area contributed by atoms with Gasteiger partial charge in [-0.2, -0.15) is 0 Å². The number of amides is 2. The van der Waals surface area contributed by atoms with Crippen LogP contribution in [0.1, 0.15) is 18.1 Å². The van der Waals surface area contributed by atoms with E-state index in [9.17, 15) is 9.59 Å². The summed E-state index contributed by atoms with van der Waals surface area (Å²) in [5, 5.41) is 2.89. The number of fused-ring (bicyclic) bond motifs is 1. The number of carbonyl (C=O) groups is 2. The standard InChI is InChI=1S/C19H20N2O3/c1-13-8-9-17-16(10-13)21(18(22)12-24-17)14(2)19(23)20-11-15-6-4-3-5-7-15/h3-10,14H,11-12H2,1-2H3,(H,20,23)/t14-/m0/s1. The highest BCUT2D eigenvalue weighted by Crippen LogP contribution is 2.34. The predicted octanol–water partition coefficient (Wildman–Crippen LogP) is 2.43. The molecule has 0 aromatic heterocycles. The van der Waals surface area contributed by atoms with Gasteiger partial charge in [0.25, 0.3) is 5.91 Å². The Balaban J connectivity index is 1.76. The normalized spacial score (nSPS) is 14.6. The first-order valence-corrected chi connectivity index (χ1v) is 7.93. The van der Waals surface area contributed by atoms with Crippen LogP contribution in [0.5, 0.6) is 5.75 Å². The number of anilines is 1. The van der Waals surface area contributed by atoms with Crippen LogP contribution in [-0.2, 0) is 16.1 Å². The van der Waals surface area contributed by atoms with E-state index in [2.05, 4.69) is 5.32 Å². The van der Waals surface area contributed by atoms with E-state index in [4.69, 9.17) is 4.74 Å². The van der Waals surface area contributed by atoms with Crippen LogP contribution >= 0.6 is 0 Å². The highest BCUT2D eigenvalue weighted by atomic mass is 16.5. The third kappa shape index (κ3) is 3.25. The van der Waals surface area contributed by atoms with E-state index in [-0.39, 0.29) is 18.4 Å². The maximum Gasteiger partial charge on any atom is 0.265 e. The fourth-order valence-electron chi connectivity index (χ4n) is 2.76. The van der Waals surface area contributed by atoms with E-state index in [0.717, 1.165) is 11.1 Å². The summed E-state index contributed by atoms with van der Waals surface area (Å²) >= 11 is 0. The summed E-state index contributed by atoms with van der Waals surface area (Å²) in [6, 6.07) is 14.7. The molecule has 1 N–H and O–H groups in total. The highest BCUT2D eigenvalue weighted by Gasteiger charge is 2.32. The second-order valence-electron chi connectivity index (χ2n) is 5.90. The molecule has 5 nitrogen and oxygen atoms in total. The fourth-order valence-corrected chi connectivity index (χ4v) is 2.76. The molecule has 1 heterocycles. The van der Waals surface area contributed by atoms with Gasteiger partial charge in [-0.1, -0.05) is 36.4 Å². The van der Waals surface area contributed by atoms with E-state index in [0.29, 0.717) is 18.0 Å². The molecule has 0 unspecified atom stereocenters. The zero-order chi connectivity index (χ0) is 17.1. The van der Waals surface area contributed by atoms with E-state index >= 15 is 0 Å². The second kappa shape index (κ2) is 6.74. The van der Waals surface area contributed by atoms with Crippen LogP contribution in [0.15, 0.2) is 48.5 Å². The van der Waals surface area contributed by atoms with Crippen molar-refractivity contribution >= 4 is 17.5 Å². The summed E-state index contributed by atoms with van der Waals surface area (Å²) in [6.45, 7) is 4.06. The van der Waals surface area contributed by atoms with Gasteiger partial charge in [-0.15, -0.1) is 0 Å². The van der Waals surface area contributed by atoms with E-state index < -0.39 is 6.04 Å². The summed E-state index contributed by atoms with van der Waals surface area (Å²) in [7, 11) is 0. The van der Waals surface area contributed by atoms with Crippen molar-refractivity contribution in [3.8, 4) is 5.75 Å². The Hall–Kier alpha value is -2.82. The molecule has 0 saturated carbocycles. The number of rotatable bonds is 4. The van der Waals surface area contributed by atoms with Crippen molar-refractivity contribution in [3.05, 3.63) is 59.7 Å². The molecule has 124 valence electrons. The molecule has 0 fully saturated rings. The molecule has 2 amide bonds. The molecule has 3 rings (SSSR count). The molecular formula is C19H20N2O3. The third-order valence-corrected chi connectivity index (χ3v) is 4.07. The summed E-state index contributed by atoms with van der Waals surface area (Å²) in [5.41, 5.74) is 2.67. The third-order valence-electron chi connectivity index (χ3n) is 4.07. The van der Waals surface area contributed by atoms with Crippen molar-refractivity contribution in [2.24, 2.45) is 0 Å². The Kier molecular flexibility index (Phi) is 4.51. The first kappa shape index (κ1) is 16.1. The maximum atomic E-state index is 12.5. The lowest BCUT2D eigenvalue weighted by atomic mass is 10.1. The monoisotopic (exact) mass is 324 g/mol. The zero-order valence-corrected chi connectivity index (χ0v) is 13.8. The van der Waals surface area contributed by atoms with Gasteiger partial charge in [-0.25, -0.2) is 0 Å². The van der Waals surface area contributed by atoms with Crippen LogP contribution in [-0.4, -0.2) is 24.5 Å². The number of aryl methyl sites for hydroxylation is 1. The first-order valence-electron chi connectivity index (χ1n) is 7.93. The smallest absolute Gasteiger partial charge is 0.265 e. The van der Waals surface area contributed by atoms with Gasteiger partial charge in [-0.05, 0) is 37.1 Å². The molecule has 0 spiro atoms. The van der Waals surface area contributed by atoms with E-state index in [1.54, 1.807) is 6.92 Å². The van der Waals surface area contributed by atoms with Gasteiger partial charge in [0.05, 0.1) is 5.69 Å². The fraction of sp³-hybridized carbons (Fsp3) is 0.263. The molecule has 2 aromatic rings. The minimum absolute atomic E-state index is 0.0492. The zero-order valence-electron chi connectivity index (χ0n) is 13.8. The van der Waals surface area contributed by atoms with Crippen LogP contribution in [0.3, 0.4) is 0 Å². The molecule has 1 aliphatic heterocycles. The van der Waals surface area contributed by atoms with Crippen molar-refractivity contribution in [3.63, 3.8) is 0 Å². The summed E-state index contributed by atoms with van der Waals surface area (Å²) in [4.78, 5) is 26.3. The largest absolute Gasteiger partial charge is 0.482 e. The number of ether oxygens (including phenoxy) is 1. The molecule has 0 saturated heterocycles. The molecular weight excluding hydrogens is 304 g/mol. The lowest BCUT2D eigenvalue weighted by Gasteiger charge is -2.33. The molecule has 1 aliphatic rings. The molecule has 2 aromatic carbocycles. The summed E-state index contributed by atoms with van der Waals surface area (Å²) in [6.07, 6.45) is 0. The molecule has 1 atom stereocenters. The second-order valence-corrected chi connectivity index (χ2v) is 5.90. The number of nitrogens with zero attached hydrogens (tertiary/aromatic N) is 1. The van der Waals surface area contributed by atoms with Gasteiger partial charge in [0.15, 0.2) is 6.61 Å². The van der Waals surface area contributed by atoms with E-state index in [1.807, 2.05) is 55.5 Å². The maximum absolute atomic E-state index is 12.5. The van der Waals surface area contributed by atoms with Crippen LogP contribution < -0.4 is 15.0 Å². The average molecular weight is 324 g/mol. The van der Waals surface area contributed by atoms with Gasteiger partial charge in [0.1, 0.15) is 11.8 Å². The molecule has 0 bridgehead atoms. The molecule has 0 radical (unpaired) electrons. The minimum atomic E-state index is -0.606. The average Bonchev–Trinajstić information content (AvgIpc) is 2.60. The van der Waals surface area contributed by atoms with Crippen molar-refractivity contribution < 1.29 is 14.3 Å². The quantitative estimate of drug-likeness (QED) is 0.940. The topological polar surface area (TPSA) is 58.6 Å². The van der Waals surface area contributed by atoms with Crippen molar-refractivity contribution in [1.82, 2.24) is 5.32 Å². The Morgan fingerprint density at radius 1 is 1.25 bits per heavy atom. The Morgan fingerprint density at radius 2 is 2.00 bits per heavy atom. The minimum Gasteiger partial charge on any atom is -0.482 e. The van der Waals surface area contributed by atoms with Crippen molar-refractivity contribution in [2.45, 2.75) is 26.4 Å². The Morgan fingerprint density at radius 3 is 2.75 bits per heavy atom. The lowest BCUT2D eigenvalue weighted by molar-refractivity contribution is -0.127. The number of carbonyl (C=O) groups excluding carboxylic acids is 2. The molecule has 5 heteroatoms. The predicted molar refractivity (Wildman–Crippen MR) is 91.9 cm³/mol. The highest BCUT2D eigenvalue weighted by molar-refractivity contribution is 6.03. The molecule has 0 aliphatic carbocycles. The summed E-state index contributed by atoms with van der Waals surface area (Å²) < 4.78 is 5.46. The lowest BCUT2D eigenvalue weighted by Crippen LogP contribution is -2.51. The molecule has 24 heavy (non-hydrogen) atoms. The van der Waals surface area contributed by atoms with Gasteiger partial charge < -0.3 is 10.1 Å². The van der Waals surface area contributed by atoms with Crippen LogP contribution in [0.25, 0.3) is 0 Å². The van der Waals surface area contributed by atoms with Crippen LogP contribution in [0, 0.1) is 6.92 Å². The SMILES string of the molecule is Cc1ccc2c(c1)N([C@@H](C)C(=O)NCc1ccccc1)C(=O)CO2. The van der Waals surface area contributed by atoms with E-state index in [1.165, 1.54) is 4.90 Å². The van der Waals surface area contributed by atoms with Gasteiger partial charge in [-0.3, -0.25) is 14.5 Å². The summed E-state index contributed by atoms with van der Waals surface area (Å²) in [5.74, 6) is 0.222. The van der Waals surface area contributed by atoms with Crippen LogP contribution in [0.4, 0.5) is 5.69 Å². The number of hydrogen-bond acceptors (Lipinski definition) is 3.